The maximum absolute atomic E-state index is 12.4. The number of aromatic amines is 1. The summed E-state index contributed by atoms with van der Waals surface area (Å²) in [7, 11) is 3.18. The maximum atomic E-state index is 12.4. The van der Waals surface area contributed by atoms with Crippen LogP contribution in [0.4, 0.5) is 0 Å². The molecule has 1 aromatic carbocycles. The molecule has 0 saturated heterocycles. The highest BCUT2D eigenvalue weighted by Gasteiger charge is 2.17. The van der Waals surface area contributed by atoms with Crippen LogP contribution in [0.1, 0.15) is 10.4 Å². The summed E-state index contributed by atoms with van der Waals surface area (Å²) in [6.45, 7) is 0.903. The molecule has 0 radical (unpaired) electrons. The topological polar surface area (TPSA) is 74.4 Å². The summed E-state index contributed by atoms with van der Waals surface area (Å²) >= 11 is 0. The number of hydrogen-bond acceptors (Lipinski definition) is 3. The summed E-state index contributed by atoms with van der Waals surface area (Å²) in [5.41, 5.74) is 1.49. The van der Waals surface area contributed by atoms with Crippen LogP contribution in [0, 0.1) is 0 Å². The Kier molecular flexibility index (Phi) is 4.94. The van der Waals surface area contributed by atoms with Crippen molar-refractivity contribution in [3.05, 3.63) is 36.0 Å². The van der Waals surface area contributed by atoms with Crippen LogP contribution in [0.15, 0.2) is 30.5 Å². The fraction of sp³-hybridized carbons (Fsp3) is 0.333. The van der Waals surface area contributed by atoms with E-state index in [1.54, 1.807) is 26.4 Å². The first-order valence-electron chi connectivity index (χ1n) is 6.70. The number of fused-ring (bicyclic) bond motifs is 1. The van der Waals surface area contributed by atoms with Gasteiger partial charge in [-0.3, -0.25) is 9.59 Å². The van der Waals surface area contributed by atoms with Crippen molar-refractivity contribution in [2.75, 3.05) is 33.9 Å². The number of hydrogen-bond donors (Lipinski definition) is 2. The van der Waals surface area contributed by atoms with Gasteiger partial charge in [-0.2, -0.15) is 0 Å². The molecule has 6 nitrogen and oxygen atoms in total. The van der Waals surface area contributed by atoms with Crippen LogP contribution in [0.2, 0.25) is 0 Å². The Balaban J connectivity index is 2.02. The summed E-state index contributed by atoms with van der Waals surface area (Å²) in [4.78, 5) is 28.6. The molecule has 0 aliphatic carbocycles. The fourth-order valence-electron chi connectivity index (χ4n) is 2.11. The lowest BCUT2D eigenvalue weighted by molar-refractivity contribution is -0.121. The zero-order chi connectivity index (χ0) is 15.2. The van der Waals surface area contributed by atoms with Gasteiger partial charge in [-0.15, -0.1) is 0 Å². The minimum Gasteiger partial charge on any atom is -0.383 e. The maximum Gasteiger partial charge on any atom is 0.254 e. The van der Waals surface area contributed by atoms with Gasteiger partial charge in [-0.25, -0.2) is 0 Å². The molecule has 0 aliphatic heterocycles. The smallest absolute Gasteiger partial charge is 0.254 e. The van der Waals surface area contributed by atoms with Crippen molar-refractivity contribution in [3.8, 4) is 0 Å². The molecule has 21 heavy (non-hydrogen) atoms. The van der Waals surface area contributed by atoms with Crippen molar-refractivity contribution >= 4 is 22.7 Å². The third-order valence-electron chi connectivity index (χ3n) is 3.18. The number of H-pyrrole nitrogens is 1. The number of methoxy groups -OCH3 is 1. The van der Waals surface area contributed by atoms with E-state index in [0.29, 0.717) is 18.7 Å². The highest BCUT2D eigenvalue weighted by atomic mass is 16.5. The van der Waals surface area contributed by atoms with Gasteiger partial charge in [0.05, 0.1) is 13.2 Å². The van der Waals surface area contributed by atoms with E-state index in [2.05, 4.69) is 10.3 Å². The van der Waals surface area contributed by atoms with Gasteiger partial charge in [0.2, 0.25) is 5.91 Å². The monoisotopic (exact) mass is 289 g/mol. The molecule has 2 amide bonds. The SMILES string of the molecule is COCCNC(=O)CN(C)C(=O)c1cccc2[nH]ccc12. The molecule has 1 heterocycles. The van der Waals surface area contributed by atoms with E-state index in [-0.39, 0.29) is 18.4 Å². The molecule has 0 aliphatic rings. The molecule has 0 atom stereocenters. The Hall–Kier alpha value is -2.34. The number of carbonyl (C=O) groups excluding carboxylic acids is 2. The minimum absolute atomic E-state index is 0.0172. The van der Waals surface area contributed by atoms with Crippen molar-refractivity contribution in [2.45, 2.75) is 0 Å². The molecule has 0 saturated carbocycles. The summed E-state index contributed by atoms with van der Waals surface area (Å²) in [5.74, 6) is -0.383. The van der Waals surface area contributed by atoms with E-state index < -0.39 is 0 Å². The highest BCUT2D eigenvalue weighted by Crippen LogP contribution is 2.18. The average Bonchev–Trinajstić information content (AvgIpc) is 2.95. The number of rotatable bonds is 6. The van der Waals surface area contributed by atoms with Crippen LogP contribution in [0.3, 0.4) is 0 Å². The van der Waals surface area contributed by atoms with Crippen molar-refractivity contribution < 1.29 is 14.3 Å². The summed E-state index contributed by atoms with van der Waals surface area (Å²) in [6, 6.07) is 7.34. The van der Waals surface area contributed by atoms with Crippen molar-refractivity contribution in [1.82, 2.24) is 15.2 Å². The molecule has 2 aromatic rings. The zero-order valence-corrected chi connectivity index (χ0v) is 12.2. The molecule has 2 rings (SSSR count). The summed E-state index contributed by atoms with van der Waals surface area (Å²) < 4.78 is 4.85. The number of nitrogens with one attached hydrogen (secondary N) is 2. The van der Waals surface area contributed by atoms with Crippen LogP contribution in [0.25, 0.3) is 10.9 Å². The molecular formula is C15H19N3O3. The van der Waals surface area contributed by atoms with Gasteiger partial charge in [-0.1, -0.05) is 6.07 Å². The number of aromatic nitrogens is 1. The van der Waals surface area contributed by atoms with Gasteiger partial charge >= 0.3 is 0 Å². The molecule has 2 N–H and O–H groups in total. The van der Waals surface area contributed by atoms with Gasteiger partial charge in [0.15, 0.2) is 0 Å². The van der Waals surface area contributed by atoms with Gasteiger partial charge in [-0.05, 0) is 18.2 Å². The highest BCUT2D eigenvalue weighted by molar-refractivity contribution is 6.07. The van der Waals surface area contributed by atoms with E-state index in [0.717, 1.165) is 10.9 Å². The van der Waals surface area contributed by atoms with Gasteiger partial charge < -0.3 is 19.9 Å². The fourth-order valence-corrected chi connectivity index (χ4v) is 2.11. The molecule has 1 aromatic heterocycles. The largest absolute Gasteiger partial charge is 0.383 e. The lowest BCUT2D eigenvalue weighted by Gasteiger charge is -2.17. The van der Waals surface area contributed by atoms with Crippen LogP contribution in [0.5, 0.6) is 0 Å². The average molecular weight is 289 g/mol. The van der Waals surface area contributed by atoms with E-state index in [1.165, 1.54) is 4.90 Å². The third kappa shape index (κ3) is 3.61. The van der Waals surface area contributed by atoms with Crippen molar-refractivity contribution in [1.29, 1.82) is 0 Å². The van der Waals surface area contributed by atoms with E-state index in [9.17, 15) is 9.59 Å². The molecule has 0 bridgehead atoms. The summed E-state index contributed by atoms with van der Waals surface area (Å²) in [6.07, 6.45) is 1.79. The number of carbonyl (C=O) groups is 2. The number of ether oxygens (including phenoxy) is 1. The second-order valence-electron chi connectivity index (χ2n) is 4.75. The third-order valence-corrected chi connectivity index (χ3v) is 3.18. The van der Waals surface area contributed by atoms with Gasteiger partial charge in [0.25, 0.3) is 5.91 Å². The van der Waals surface area contributed by atoms with Crippen LogP contribution in [-0.4, -0.2) is 55.6 Å². The Bertz CT molecular complexity index is 636. The van der Waals surface area contributed by atoms with Crippen molar-refractivity contribution in [3.63, 3.8) is 0 Å². The minimum atomic E-state index is -0.204. The molecule has 112 valence electrons. The van der Waals surface area contributed by atoms with Crippen LogP contribution in [-0.2, 0) is 9.53 Å². The lowest BCUT2D eigenvalue weighted by Crippen LogP contribution is -2.39. The number of likely N-dealkylation sites (N-methyl/N-ethyl adjacent to an activating group) is 1. The predicted octanol–water partition coefficient (Wildman–Crippen LogP) is 1.00. The predicted molar refractivity (Wildman–Crippen MR) is 80.1 cm³/mol. The Morgan fingerprint density at radius 1 is 1.33 bits per heavy atom. The van der Waals surface area contributed by atoms with Crippen LogP contribution < -0.4 is 5.32 Å². The normalized spacial score (nSPS) is 10.6. The van der Waals surface area contributed by atoms with Gasteiger partial charge in [0.1, 0.15) is 0 Å². The molecular weight excluding hydrogens is 270 g/mol. The standard InChI is InChI=1S/C15H19N3O3/c1-18(10-14(19)17-8-9-21-2)15(20)12-4-3-5-13-11(12)6-7-16-13/h3-7,16H,8-10H2,1-2H3,(H,17,19). The number of benzene rings is 1. The second kappa shape index (κ2) is 6.90. The Morgan fingerprint density at radius 2 is 2.14 bits per heavy atom. The number of nitrogens with zero attached hydrogens (tertiary/aromatic N) is 1. The molecule has 6 heteroatoms. The summed E-state index contributed by atoms with van der Waals surface area (Å²) in [5, 5.41) is 3.54. The first kappa shape index (κ1) is 15.1. The zero-order valence-electron chi connectivity index (χ0n) is 12.2. The second-order valence-corrected chi connectivity index (χ2v) is 4.75. The lowest BCUT2D eigenvalue weighted by atomic mass is 10.1. The number of amides is 2. The van der Waals surface area contributed by atoms with E-state index in [4.69, 9.17) is 4.74 Å². The quantitative estimate of drug-likeness (QED) is 0.779. The van der Waals surface area contributed by atoms with Crippen molar-refractivity contribution in [2.24, 2.45) is 0 Å². The van der Waals surface area contributed by atoms with Crippen LogP contribution >= 0.6 is 0 Å². The Morgan fingerprint density at radius 3 is 2.90 bits per heavy atom. The molecule has 0 fully saturated rings. The molecule has 0 unspecified atom stereocenters. The van der Waals surface area contributed by atoms with E-state index in [1.807, 2.05) is 18.2 Å². The van der Waals surface area contributed by atoms with E-state index >= 15 is 0 Å². The Labute approximate surface area is 123 Å². The van der Waals surface area contributed by atoms with Gasteiger partial charge in [0, 0.05) is 43.4 Å². The first-order chi connectivity index (χ1) is 10.1. The first-order valence-corrected chi connectivity index (χ1v) is 6.70. The molecule has 0 spiro atoms.